The molecule has 3 N–H and O–H groups in total. The number of aromatic nitrogens is 3. The van der Waals surface area contributed by atoms with Crippen LogP contribution in [0.5, 0.6) is 0 Å². The van der Waals surface area contributed by atoms with Gasteiger partial charge >= 0.3 is 0 Å². The second kappa shape index (κ2) is 10.4. The fourth-order valence-electron chi connectivity index (χ4n) is 3.68. The second-order valence-corrected chi connectivity index (χ2v) is 8.36. The number of nitrogens with zero attached hydrogens (tertiary/aromatic N) is 4. The first-order valence-electron chi connectivity index (χ1n) is 11.2. The molecule has 0 aliphatic heterocycles. The van der Waals surface area contributed by atoms with E-state index in [0.29, 0.717) is 39.3 Å². The molecule has 7 nitrogen and oxygen atoms in total. The number of para-hydroxylation sites is 2. The van der Waals surface area contributed by atoms with Crippen LogP contribution in [-0.4, -0.2) is 33.3 Å². The molecule has 4 aromatic rings. The molecule has 0 unspecified atom stereocenters. The lowest BCUT2D eigenvalue weighted by Crippen LogP contribution is -2.25. The van der Waals surface area contributed by atoms with Crippen molar-refractivity contribution in [3.8, 4) is 0 Å². The van der Waals surface area contributed by atoms with Crippen LogP contribution >= 0.6 is 11.6 Å². The average molecular weight is 463 g/mol. The monoisotopic (exact) mass is 462 g/mol. The number of anilines is 1. The summed E-state index contributed by atoms with van der Waals surface area (Å²) in [5.41, 5.74) is 9.82. The number of nitrogens with two attached hydrogens (primary N) is 1. The van der Waals surface area contributed by atoms with Crippen LogP contribution < -0.4 is 11.1 Å². The van der Waals surface area contributed by atoms with Crippen LogP contribution in [0.25, 0.3) is 22.2 Å². The Labute approximate surface area is 197 Å². The second-order valence-electron chi connectivity index (χ2n) is 7.92. The van der Waals surface area contributed by atoms with Crippen molar-refractivity contribution in [1.29, 1.82) is 0 Å². The zero-order valence-corrected chi connectivity index (χ0v) is 19.3. The van der Waals surface area contributed by atoms with E-state index in [-0.39, 0.29) is 11.7 Å². The van der Waals surface area contributed by atoms with Crippen LogP contribution in [0.15, 0.2) is 53.6 Å². The lowest BCUT2D eigenvalue weighted by molar-refractivity contribution is 0.0955. The third-order valence-electron chi connectivity index (χ3n) is 5.46. The van der Waals surface area contributed by atoms with Gasteiger partial charge in [-0.2, -0.15) is 9.78 Å². The average Bonchev–Trinajstić information content (AvgIpc) is 3.09. The number of carbonyl (C=O) groups excluding carboxylic acids is 1. The molecular formula is C25H27ClN6O. The van der Waals surface area contributed by atoms with E-state index in [9.17, 15) is 4.79 Å². The first-order chi connectivity index (χ1) is 16.1. The van der Waals surface area contributed by atoms with Gasteiger partial charge in [0, 0.05) is 11.6 Å². The SMILES string of the molecule is CCCCCCCNC(=O)c1c(N)n(/N=C\c2ccc(Cl)cc2)c2nc3ccccc3nc12. The van der Waals surface area contributed by atoms with E-state index >= 15 is 0 Å². The third-order valence-corrected chi connectivity index (χ3v) is 5.71. The molecule has 0 bridgehead atoms. The Kier molecular flexibility index (Phi) is 7.19. The molecule has 0 aliphatic carbocycles. The Hall–Kier alpha value is -3.45. The van der Waals surface area contributed by atoms with E-state index in [1.54, 1.807) is 18.3 Å². The zero-order chi connectivity index (χ0) is 23.2. The lowest BCUT2D eigenvalue weighted by atomic mass is 10.1. The van der Waals surface area contributed by atoms with Crippen molar-refractivity contribution >= 4 is 51.7 Å². The number of nitrogens with one attached hydrogen (secondary N) is 1. The highest BCUT2D eigenvalue weighted by atomic mass is 35.5. The quantitative estimate of drug-likeness (QED) is 0.257. The molecule has 170 valence electrons. The fraction of sp³-hybridized carbons (Fsp3) is 0.280. The minimum atomic E-state index is -0.266. The van der Waals surface area contributed by atoms with E-state index in [1.165, 1.54) is 23.9 Å². The first-order valence-corrected chi connectivity index (χ1v) is 11.6. The molecule has 2 aromatic heterocycles. The lowest BCUT2D eigenvalue weighted by Gasteiger charge is -2.05. The minimum Gasteiger partial charge on any atom is -0.383 e. The van der Waals surface area contributed by atoms with Crippen molar-refractivity contribution in [3.05, 3.63) is 64.7 Å². The highest BCUT2D eigenvalue weighted by molar-refractivity contribution is 6.30. The minimum absolute atomic E-state index is 0.203. The largest absolute Gasteiger partial charge is 0.383 e. The van der Waals surface area contributed by atoms with E-state index < -0.39 is 0 Å². The number of unbranched alkanes of at least 4 members (excludes halogenated alkanes) is 4. The number of halogens is 1. The smallest absolute Gasteiger partial charge is 0.257 e. The topological polar surface area (TPSA) is 98.2 Å². The van der Waals surface area contributed by atoms with Crippen molar-refractivity contribution in [2.45, 2.75) is 39.0 Å². The molecule has 0 saturated heterocycles. The van der Waals surface area contributed by atoms with Gasteiger partial charge in [-0.05, 0) is 36.2 Å². The molecule has 0 spiro atoms. The van der Waals surface area contributed by atoms with Crippen LogP contribution in [0.2, 0.25) is 5.02 Å². The third kappa shape index (κ3) is 5.14. The van der Waals surface area contributed by atoms with Crippen molar-refractivity contribution in [3.63, 3.8) is 0 Å². The van der Waals surface area contributed by atoms with Crippen LogP contribution in [0.1, 0.15) is 54.9 Å². The molecule has 2 aromatic carbocycles. The number of benzene rings is 2. The van der Waals surface area contributed by atoms with Gasteiger partial charge in [-0.3, -0.25) is 4.79 Å². The summed E-state index contributed by atoms with van der Waals surface area (Å²) in [7, 11) is 0. The molecule has 0 atom stereocenters. The van der Waals surface area contributed by atoms with Crippen molar-refractivity contribution in [1.82, 2.24) is 20.0 Å². The van der Waals surface area contributed by atoms with Crippen molar-refractivity contribution in [2.24, 2.45) is 5.10 Å². The van der Waals surface area contributed by atoms with Crippen molar-refractivity contribution < 1.29 is 4.79 Å². The Morgan fingerprint density at radius 3 is 2.48 bits per heavy atom. The Morgan fingerprint density at radius 2 is 1.76 bits per heavy atom. The van der Waals surface area contributed by atoms with E-state index in [1.807, 2.05) is 36.4 Å². The summed E-state index contributed by atoms with van der Waals surface area (Å²) in [5, 5.41) is 8.14. The first kappa shape index (κ1) is 22.7. The molecular weight excluding hydrogens is 436 g/mol. The summed E-state index contributed by atoms with van der Waals surface area (Å²) < 4.78 is 1.47. The van der Waals surface area contributed by atoms with Crippen molar-refractivity contribution in [2.75, 3.05) is 12.3 Å². The summed E-state index contributed by atoms with van der Waals surface area (Å²) >= 11 is 5.97. The fourth-order valence-corrected chi connectivity index (χ4v) is 3.81. The molecule has 0 saturated carbocycles. The van der Waals surface area contributed by atoms with E-state index in [4.69, 9.17) is 27.3 Å². The number of hydrogen-bond donors (Lipinski definition) is 2. The maximum absolute atomic E-state index is 13.1. The molecule has 2 heterocycles. The Bertz CT molecular complexity index is 1300. The van der Waals surface area contributed by atoms with E-state index in [2.05, 4.69) is 17.3 Å². The van der Waals surface area contributed by atoms with Gasteiger partial charge in [-0.25, -0.2) is 9.97 Å². The maximum Gasteiger partial charge on any atom is 0.257 e. The van der Waals surface area contributed by atoms with Crippen LogP contribution in [0.4, 0.5) is 5.82 Å². The van der Waals surface area contributed by atoms with Gasteiger partial charge in [-0.15, -0.1) is 0 Å². The van der Waals surface area contributed by atoms with Gasteiger partial charge in [0.1, 0.15) is 16.9 Å². The standard InChI is InChI=1S/C25H27ClN6O/c1-2-3-4-5-8-15-28-25(33)21-22-24(31-20-10-7-6-9-19(20)30-22)32(23(21)27)29-16-17-11-13-18(26)14-12-17/h6-7,9-14,16H,2-5,8,15,27H2,1H3,(H,28,33)/b29-16-. The number of fused-ring (bicyclic) bond motifs is 2. The summed E-state index contributed by atoms with van der Waals surface area (Å²) in [6.45, 7) is 2.77. The number of carbonyl (C=O) groups is 1. The summed E-state index contributed by atoms with van der Waals surface area (Å²) in [6, 6.07) is 14.8. The van der Waals surface area contributed by atoms with E-state index in [0.717, 1.165) is 18.4 Å². The van der Waals surface area contributed by atoms with Gasteiger partial charge in [0.2, 0.25) is 0 Å². The molecule has 4 rings (SSSR count). The molecule has 8 heteroatoms. The Balaban J connectivity index is 1.69. The van der Waals surface area contributed by atoms with Crippen LogP contribution in [-0.2, 0) is 0 Å². The zero-order valence-electron chi connectivity index (χ0n) is 18.6. The predicted molar refractivity (Wildman–Crippen MR) is 135 cm³/mol. The van der Waals surface area contributed by atoms with Gasteiger partial charge in [0.25, 0.3) is 5.91 Å². The summed E-state index contributed by atoms with van der Waals surface area (Å²) in [4.78, 5) is 22.5. The number of rotatable bonds is 9. The Morgan fingerprint density at radius 1 is 1.06 bits per heavy atom. The molecule has 0 fully saturated rings. The normalized spacial score (nSPS) is 11.6. The highest BCUT2D eigenvalue weighted by Gasteiger charge is 2.23. The molecule has 1 amide bonds. The predicted octanol–water partition coefficient (Wildman–Crippen LogP) is 5.40. The highest BCUT2D eigenvalue weighted by Crippen LogP contribution is 2.28. The number of amides is 1. The number of hydrogen-bond acceptors (Lipinski definition) is 5. The summed E-state index contributed by atoms with van der Waals surface area (Å²) in [5.74, 6) is -0.0629. The molecule has 33 heavy (non-hydrogen) atoms. The summed E-state index contributed by atoms with van der Waals surface area (Å²) in [6.07, 6.45) is 7.23. The number of nitrogen functional groups attached to an aromatic ring is 1. The molecule has 0 radical (unpaired) electrons. The molecule has 0 aliphatic rings. The van der Waals surface area contributed by atoms with Gasteiger partial charge in [0.05, 0.1) is 17.2 Å². The van der Waals surface area contributed by atoms with Gasteiger partial charge < -0.3 is 11.1 Å². The van der Waals surface area contributed by atoms with Crippen LogP contribution in [0, 0.1) is 0 Å². The maximum atomic E-state index is 13.1. The van der Waals surface area contributed by atoms with Crippen LogP contribution in [0.3, 0.4) is 0 Å². The van der Waals surface area contributed by atoms with Gasteiger partial charge in [-0.1, -0.05) is 68.5 Å². The van der Waals surface area contributed by atoms with Gasteiger partial charge in [0.15, 0.2) is 5.65 Å².